The molecule has 0 saturated carbocycles. The Morgan fingerprint density at radius 2 is 1.14 bits per heavy atom. The summed E-state index contributed by atoms with van der Waals surface area (Å²) in [5.41, 5.74) is 2.04. The molecule has 0 aliphatic heterocycles. The van der Waals surface area contributed by atoms with Crippen molar-refractivity contribution in [1.29, 1.82) is 0 Å². The average Bonchev–Trinajstić information content (AvgIpc) is 3.48. The number of carbonyl (C=O) groups excluding carboxylic acids is 2. The molecule has 184 valence electrons. The molecule has 0 unspecified atom stereocenters. The minimum Gasteiger partial charge on any atom is -0.464 e. The summed E-state index contributed by atoms with van der Waals surface area (Å²) in [6.07, 6.45) is 3.83. The molecule has 2 heterocycles. The SMILES string of the molecule is CC(C)CNC(=O)C(Cc1ccc2occc2c1)(Cc1ccc2occc2c1)C(=O)NCC(C)C. The number of benzene rings is 2. The van der Waals surface area contributed by atoms with Gasteiger partial charge in [-0.15, -0.1) is 0 Å². The molecule has 35 heavy (non-hydrogen) atoms. The highest BCUT2D eigenvalue weighted by atomic mass is 16.3. The number of amides is 2. The minimum absolute atomic E-state index is 0.257. The van der Waals surface area contributed by atoms with Gasteiger partial charge in [0.15, 0.2) is 0 Å². The lowest BCUT2D eigenvalue weighted by Crippen LogP contribution is -2.55. The Morgan fingerprint density at radius 1 is 0.714 bits per heavy atom. The minimum atomic E-state index is -1.32. The zero-order chi connectivity index (χ0) is 25.0. The Morgan fingerprint density at radius 3 is 1.54 bits per heavy atom. The van der Waals surface area contributed by atoms with Gasteiger partial charge in [-0.1, -0.05) is 39.8 Å². The highest BCUT2D eigenvalue weighted by molar-refractivity contribution is 6.06. The van der Waals surface area contributed by atoms with Crippen LogP contribution in [0.4, 0.5) is 0 Å². The number of rotatable bonds is 10. The van der Waals surface area contributed by atoms with Crippen molar-refractivity contribution in [2.24, 2.45) is 17.3 Å². The molecule has 6 nitrogen and oxygen atoms in total. The third-order valence-corrected chi connectivity index (χ3v) is 6.26. The molecular weight excluding hydrogens is 440 g/mol. The lowest BCUT2D eigenvalue weighted by Gasteiger charge is -2.32. The van der Waals surface area contributed by atoms with E-state index in [-0.39, 0.29) is 36.5 Å². The van der Waals surface area contributed by atoms with Gasteiger partial charge in [0.2, 0.25) is 11.8 Å². The summed E-state index contributed by atoms with van der Waals surface area (Å²) in [7, 11) is 0. The summed E-state index contributed by atoms with van der Waals surface area (Å²) in [4.78, 5) is 27.8. The fourth-order valence-corrected chi connectivity index (χ4v) is 4.37. The largest absolute Gasteiger partial charge is 0.464 e. The van der Waals surface area contributed by atoms with Crippen molar-refractivity contribution in [2.75, 3.05) is 13.1 Å². The average molecular weight is 475 g/mol. The van der Waals surface area contributed by atoms with Crippen LogP contribution < -0.4 is 10.6 Å². The summed E-state index contributed by atoms with van der Waals surface area (Å²) in [6, 6.07) is 15.4. The Labute approximate surface area is 206 Å². The van der Waals surface area contributed by atoms with Crippen LogP contribution in [-0.2, 0) is 22.4 Å². The fourth-order valence-electron chi connectivity index (χ4n) is 4.37. The monoisotopic (exact) mass is 474 g/mol. The maximum absolute atomic E-state index is 13.9. The zero-order valence-electron chi connectivity index (χ0n) is 20.9. The van der Waals surface area contributed by atoms with E-state index < -0.39 is 5.41 Å². The van der Waals surface area contributed by atoms with E-state index in [4.69, 9.17) is 8.83 Å². The molecule has 0 saturated heterocycles. The summed E-state index contributed by atoms with van der Waals surface area (Å²) in [5.74, 6) is 0.0129. The van der Waals surface area contributed by atoms with E-state index in [0.717, 1.165) is 33.1 Å². The summed E-state index contributed by atoms with van der Waals surface area (Å²) >= 11 is 0. The summed E-state index contributed by atoms with van der Waals surface area (Å²) in [5, 5.41) is 8.01. The van der Waals surface area contributed by atoms with Crippen molar-refractivity contribution in [3.8, 4) is 0 Å². The Hall–Kier alpha value is -3.54. The molecule has 2 N–H and O–H groups in total. The molecule has 4 rings (SSSR count). The van der Waals surface area contributed by atoms with E-state index >= 15 is 0 Å². The molecule has 0 radical (unpaired) electrons. The van der Waals surface area contributed by atoms with Crippen LogP contribution in [0.3, 0.4) is 0 Å². The van der Waals surface area contributed by atoms with Crippen molar-refractivity contribution >= 4 is 33.8 Å². The zero-order valence-corrected chi connectivity index (χ0v) is 20.9. The first-order chi connectivity index (χ1) is 16.8. The van der Waals surface area contributed by atoms with Crippen molar-refractivity contribution in [3.05, 3.63) is 72.2 Å². The van der Waals surface area contributed by atoms with Crippen molar-refractivity contribution in [1.82, 2.24) is 10.6 Å². The van der Waals surface area contributed by atoms with Crippen molar-refractivity contribution in [2.45, 2.75) is 40.5 Å². The van der Waals surface area contributed by atoms with Crippen LogP contribution in [0.2, 0.25) is 0 Å². The van der Waals surface area contributed by atoms with E-state index in [9.17, 15) is 9.59 Å². The van der Waals surface area contributed by atoms with Gasteiger partial charge in [0.1, 0.15) is 16.6 Å². The third-order valence-electron chi connectivity index (χ3n) is 6.26. The van der Waals surface area contributed by atoms with Crippen LogP contribution in [0.5, 0.6) is 0 Å². The number of hydrogen-bond acceptors (Lipinski definition) is 4. The van der Waals surface area contributed by atoms with E-state index in [1.165, 1.54) is 0 Å². The van der Waals surface area contributed by atoms with E-state index in [1.807, 2.05) is 76.2 Å². The molecule has 0 aliphatic rings. The second kappa shape index (κ2) is 10.4. The van der Waals surface area contributed by atoms with Crippen molar-refractivity contribution < 1.29 is 18.4 Å². The third kappa shape index (κ3) is 5.59. The second-order valence-electron chi connectivity index (χ2n) is 10.2. The number of fused-ring (bicyclic) bond motifs is 2. The second-order valence-corrected chi connectivity index (χ2v) is 10.2. The predicted octanol–water partition coefficient (Wildman–Crippen LogP) is 5.50. The van der Waals surface area contributed by atoms with Crippen LogP contribution >= 0.6 is 0 Å². The van der Waals surface area contributed by atoms with E-state index in [1.54, 1.807) is 12.5 Å². The van der Waals surface area contributed by atoms with E-state index in [0.29, 0.717) is 13.1 Å². The summed E-state index contributed by atoms with van der Waals surface area (Å²) in [6.45, 7) is 9.17. The van der Waals surface area contributed by atoms with Gasteiger partial charge >= 0.3 is 0 Å². The van der Waals surface area contributed by atoms with Crippen LogP contribution in [-0.4, -0.2) is 24.9 Å². The number of hydrogen-bond donors (Lipinski definition) is 2. The van der Waals surface area contributed by atoms with Gasteiger partial charge in [-0.05, 0) is 72.2 Å². The van der Waals surface area contributed by atoms with E-state index in [2.05, 4.69) is 10.6 Å². The summed E-state index contributed by atoms with van der Waals surface area (Å²) < 4.78 is 11.0. The van der Waals surface area contributed by atoms with Gasteiger partial charge in [-0.25, -0.2) is 0 Å². The molecule has 4 aromatic rings. The first kappa shape index (κ1) is 24.6. The molecule has 6 heteroatoms. The maximum atomic E-state index is 13.9. The lowest BCUT2D eigenvalue weighted by atomic mass is 9.74. The Bertz CT molecular complexity index is 1210. The molecule has 0 atom stereocenters. The van der Waals surface area contributed by atoms with Gasteiger partial charge < -0.3 is 19.5 Å². The quantitative estimate of drug-likeness (QED) is 0.298. The first-order valence-corrected chi connectivity index (χ1v) is 12.3. The number of carbonyl (C=O) groups is 2. The molecule has 0 spiro atoms. The van der Waals surface area contributed by atoms with Gasteiger partial charge in [0.05, 0.1) is 12.5 Å². The smallest absolute Gasteiger partial charge is 0.236 e. The molecule has 0 bridgehead atoms. The van der Waals surface area contributed by atoms with Crippen LogP contribution in [0.15, 0.2) is 69.9 Å². The highest BCUT2D eigenvalue weighted by Gasteiger charge is 2.46. The molecule has 0 fully saturated rings. The predicted molar refractivity (Wildman–Crippen MR) is 138 cm³/mol. The normalized spacial score (nSPS) is 12.1. The molecule has 2 aromatic carbocycles. The maximum Gasteiger partial charge on any atom is 0.236 e. The van der Waals surface area contributed by atoms with Crippen molar-refractivity contribution in [3.63, 3.8) is 0 Å². The van der Waals surface area contributed by atoms with Gasteiger partial charge in [0.25, 0.3) is 0 Å². The Kier molecular flexibility index (Phi) is 7.29. The van der Waals surface area contributed by atoms with Gasteiger partial charge in [-0.2, -0.15) is 0 Å². The highest BCUT2D eigenvalue weighted by Crippen LogP contribution is 2.32. The Balaban J connectivity index is 1.77. The van der Waals surface area contributed by atoms with Crippen LogP contribution in [0.25, 0.3) is 21.9 Å². The molecule has 2 aromatic heterocycles. The standard InChI is InChI=1S/C29H34N2O4/c1-19(2)17-30-27(32)29(28(33)31-18-20(3)4,15-21-5-7-25-23(13-21)9-11-34-25)16-22-6-8-26-24(14-22)10-12-35-26/h5-14,19-20H,15-18H2,1-4H3,(H,30,32)(H,31,33). The van der Waals surface area contributed by atoms with Gasteiger partial charge in [-0.3, -0.25) is 9.59 Å². The first-order valence-electron chi connectivity index (χ1n) is 12.3. The van der Waals surface area contributed by atoms with Crippen LogP contribution in [0.1, 0.15) is 38.8 Å². The number of nitrogens with one attached hydrogen (secondary N) is 2. The lowest BCUT2D eigenvalue weighted by molar-refractivity contribution is -0.144. The van der Waals surface area contributed by atoms with Crippen LogP contribution in [0, 0.1) is 17.3 Å². The number of furan rings is 2. The molecule has 2 amide bonds. The molecular formula is C29H34N2O4. The molecule has 0 aliphatic carbocycles. The topological polar surface area (TPSA) is 84.5 Å². The van der Waals surface area contributed by atoms with Gasteiger partial charge in [0, 0.05) is 23.9 Å². The fraction of sp³-hybridized carbons (Fsp3) is 0.379.